The zero-order valence-corrected chi connectivity index (χ0v) is 10.6. The number of hydrogen-bond donors (Lipinski definition) is 1. The van der Waals surface area contributed by atoms with Gasteiger partial charge in [0.1, 0.15) is 0 Å². The second-order valence-corrected chi connectivity index (χ2v) is 4.68. The zero-order valence-electron chi connectivity index (χ0n) is 9.83. The highest BCUT2D eigenvalue weighted by atomic mass is 32.1. The Balaban J connectivity index is 1.83. The maximum atomic E-state index is 11.5. The van der Waals surface area contributed by atoms with Crippen LogP contribution in [0.1, 0.15) is 16.3 Å². The van der Waals surface area contributed by atoms with Crippen LogP contribution in [0.5, 0.6) is 0 Å². The number of carbonyl (C=O) groups is 1. The molecule has 2 rings (SSSR count). The van der Waals surface area contributed by atoms with E-state index in [2.05, 4.69) is 20.5 Å². The molecule has 0 bridgehead atoms. The molecule has 92 valence electrons. The number of carbonyl (C=O) groups excluding carboxylic acids is 1. The van der Waals surface area contributed by atoms with Crippen LogP contribution in [0.15, 0.2) is 35.0 Å². The molecule has 6 heteroatoms. The number of aryl methyl sites for hydroxylation is 1. The zero-order chi connectivity index (χ0) is 12.8. The average Bonchev–Trinajstić information content (AvgIpc) is 2.76. The Morgan fingerprint density at radius 3 is 3.17 bits per heavy atom. The Hall–Kier alpha value is -2.08. The van der Waals surface area contributed by atoms with Crippen molar-refractivity contribution in [1.29, 1.82) is 0 Å². The molecule has 0 saturated carbocycles. The van der Waals surface area contributed by atoms with Crippen molar-refractivity contribution < 1.29 is 4.79 Å². The minimum Gasteiger partial charge on any atom is -0.273 e. The number of nitrogens with zero attached hydrogens (tertiary/aromatic N) is 3. The van der Waals surface area contributed by atoms with Crippen LogP contribution >= 0.6 is 11.3 Å². The molecule has 0 aliphatic rings. The number of aromatic nitrogens is 2. The number of hydrazone groups is 1. The summed E-state index contributed by atoms with van der Waals surface area (Å²) in [5, 5.41) is 6.69. The Bertz CT molecular complexity index is 550. The van der Waals surface area contributed by atoms with E-state index in [1.165, 1.54) is 11.3 Å². The summed E-state index contributed by atoms with van der Waals surface area (Å²) < 4.78 is 0. The van der Waals surface area contributed by atoms with E-state index in [0.717, 1.165) is 16.3 Å². The molecule has 0 fully saturated rings. The molecule has 2 aromatic heterocycles. The molecular weight excluding hydrogens is 248 g/mol. The molecule has 0 atom stereocenters. The SMILES string of the molecule is Cc1nc(CC(=O)N/N=C\c2cccnc2)cs1. The summed E-state index contributed by atoms with van der Waals surface area (Å²) in [6.07, 6.45) is 5.14. The molecule has 2 heterocycles. The van der Waals surface area contributed by atoms with Gasteiger partial charge in [0.25, 0.3) is 0 Å². The lowest BCUT2D eigenvalue weighted by atomic mass is 10.3. The van der Waals surface area contributed by atoms with Gasteiger partial charge >= 0.3 is 0 Å². The van der Waals surface area contributed by atoms with Gasteiger partial charge in [0.2, 0.25) is 5.91 Å². The predicted molar refractivity (Wildman–Crippen MR) is 70.5 cm³/mol. The maximum absolute atomic E-state index is 11.5. The van der Waals surface area contributed by atoms with Gasteiger partial charge in [-0.05, 0) is 13.0 Å². The molecule has 0 radical (unpaired) electrons. The van der Waals surface area contributed by atoms with Gasteiger partial charge in [0.15, 0.2) is 0 Å². The summed E-state index contributed by atoms with van der Waals surface area (Å²) in [6, 6.07) is 3.66. The van der Waals surface area contributed by atoms with Crippen molar-refractivity contribution in [3.8, 4) is 0 Å². The normalized spacial score (nSPS) is 10.7. The third-order valence-electron chi connectivity index (χ3n) is 2.10. The van der Waals surface area contributed by atoms with Gasteiger partial charge in [0, 0.05) is 23.3 Å². The van der Waals surface area contributed by atoms with Crippen molar-refractivity contribution in [1.82, 2.24) is 15.4 Å². The van der Waals surface area contributed by atoms with Crippen molar-refractivity contribution in [2.24, 2.45) is 5.10 Å². The van der Waals surface area contributed by atoms with Crippen LogP contribution in [-0.2, 0) is 11.2 Å². The first-order valence-corrected chi connectivity index (χ1v) is 6.25. The van der Waals surface area contributed by atoms with Crippen LogP contribution in [0.25, 0.3) is 0 Å². The van der Waals surface area contributed by atoms with E-state index in [1.54, 1.807) is 24.7 Å². The first-order chi connectivity index (χ1) is 8.74. The molecule has 0 saturated heterocycles. The van der Waals surface area contributed by atoms with Gasteiger partial charge in [-0.1, -0.05) is 6.07 Å². The Morgan fingerprint density at radius 2 is 2.50 bits per heavy atom. The maximum Gasteiger partial charge on any atom is 0.246 e. The summed E-state index contributed by atoms with van der Waals surface area (Å²) in [6.45, 7) is 1.91. The Kier molecular flexibility index (Phi) is 4.14. The average molecular weight is 260 g/mol. The van der Waals surface area contributed by atoms with E-state index < -0.39 is 0 Å². The molecule has 1 amide bonds. The van der Waals surface area contributed by atoms with E-state index in [4.69, 9.17) is 0 Å². The number of amides is 1. The molecule has 0 aliphatic heterocycles. The van der Waals surface area contributed by atoms with E-state index in [9.17, 15) is 4.79 Å². The van der Waals surface area contributed by atoms with Crippen molar-refractivity contribution in [3.63, 3.8) is 0 Å². The van der Waals surface area contributed by atoms with Crippen LogP contribution in [0, 0.1) is 6.92 Å². The predicted octanol–water partition coefficient (Wildman–Crippen LogP) is 1.54. The number of nitrogens with one attached hydrogen (secondary N) is 1. The van der Waals surface area contributed by atoms with Crippen LogP contribution in [-0.4, -0.2) is 22.1 Å². The fourth-order valence-corrected chi connectivity index (χ4v) is 1.94. The lowest BCUT2D eigenvalue weighted by molar-refractivity contribution is -0.120. The van der Waals surface area contributed by atoms with Crippen LogP contribution in [0.4, 0.5) is 0 Å². The smallest absolute Gasteiger partial charge is 0.246 e. The third-order valence-corrected chi connectivity index (χ3v) is 2.92. The monoisotopic (exact) mass is 260 g/mol. The van der Waals surface area contributed by atoms with E-state index in [-0.39, 0.29) is 12.3 Å². The summed E-state index contributed by atoms with van der Waals surface area (Å²) in [5.41, 5.74) is 4.06. The van der Waals surface area contributed by atoms with Gasteiger partial charge in [-0.15, -0.1) is 11.3 Å². The molecular formula is C12H12N4OS. The lowest BCUT2D eigenvalue weighted by Crippen LogP contribution is -2.19. The van der Waals surface area contributed by atoms with Crippen molar-refractivity contribution in [2.45, 2.75) is 13.3 Å². The summed E-state index contributed by atoms with van der Waals surface area (Å²) in [5.74, 6) is -0.180. The van der Waals surface area contributed by atoms with Gasteiger partial charge in [-0.3, -0.25) is 9.78 Å². The van der Waals surface area contributed by atoms with Crippen molar-refractivity contribution in [3.05, 3.63) is 46.2 Å². The second-order valence-electron chi connectivity index (χ2n) is 3.61. The number of pyridine rings is 1. The molecule has 0 aliphatic carbocycles. The van der Waals surface area contributed by atoms with Crippen LogP contribution < -0.4 is 5.43 Å². The van der Waals surface area contributed by atoms with E-state index in [0.29, 0.717) is 0 Å². The molecule has 2 aromatic rings. The molecule has 0 unspecified atom stereocenters. The molecule has 0 spiro atoms. The third kappa shape index (κ3) is 3.74. The topological polar surface area (TPSA) is 67.2 Å². The molecule has 0 aromatic carbocycles. The Morgan fingerprint density at radius 1 is 1.61 bits per heavy atom. The summed E-state index contributed by atoms with van der Waals surface area (Å²) in [7, 11) is 0. The largest absolute Gasteiger partial charge is 0.273 e. The summed E-state index contributed by atoms with van der Waals surface area (Å²) >= 11 is 1.53. The van der Waals surface area contributed by atoms with Gasteiger partial charge in [-0.25, -0.2) is 10.4 Å². The van der Waals surface area contributed by atoms with Gasteiger partial charge < -0.3 is 0 Å². The highest BCUT2D eigenvalue weighted by Gasteiger charge is 2.04. The highest BCUT2D eigenvalue weighted by Crippen LogP contribution is 2.08. The molecule has 18 heavy (non-hydrogen) atoms. The van der Waals surface area contributed by atoms with Crippen LogP contribution in [0.3, 0.4) is 0 Å². The number of rotatable bonds is 4. The van der Waals surface area contributed by atoms with E-state index in [1.807, 2.05) is 18.4 Å². The highest BCUT2D eigenvalue weighted by molar-refractivity contribution is 7.09. The fraction of sp³-hybridized carbons (Fsp3) is 0.167. The molecule has 1 N–H and O–H groups in total. The minimum absolute atomic E-state index is 0.180. The van der Waals surface area contributed by atoms with Crippen LogP contribution in [0.2, 0.25) is 0 Å². The van der Waals surface area contributed by atoms with E-state index >= 15 is 0 Å². The molecule has 5 nitrogen and oxygen atoms in total. The fourth-order valence-electron chi connectivity index (χ4n) is 1.32. The minimum atomic E-state index is -0.180. The van der Waals surface area contributed by atoms with Crippen molar-refractivity contribution >= 4 is 23.5 Å². The first kappa shape index (κ1) is 12.4. The van der Waals surface area contributed by atoms with Gasteiger partial charge in [0.05, 0.1) is 23.3 Å². The van der Waals surface area contributed by atoms with Gasteiger partial charge in [-0.2, -0.15) is 5.10 Å². The first-order valence-electron chi connectivity index (χ1n) is 5.37. The quantitative estimate of drug-likeness (QED) is 0.669. The summed E-state index contributed by atoms with van der Waals surface area (Å²) in [4.78, 5) is 19.7. The second kappa shape index (κ2) is 6.02. The lowest BCUT2D eigenvalue weighted by Gasteiger charge is -1.96. The van der Waals surface area contributed by atoms with Crippen molar-refractivity contribution in [2.75, 3.05) is 0 Å². The number of thiazole rings is 1. The standard InChI is InChI=1S/C12H12N4OS/c1-9-15-11(8-18-9)5-12(17)16-14-7-10-3-2-4-13-6-10/h2-4,6-8H,5H2,1H3,(H,16,17)/b14-7-. The number of hydrogen-bond acceptors (Lipinski definition) is 5. The Labute approximate surface area is 109 Å².